The second kappa shape index (κ2) is 19.7. The maximum atomic E-state index is 13.9. The topological polar surface area (TPSA) is 167 Å². The summed E-state index contributed by atoms with van der Waals surface area (Å²) in [6.45, 7) is 2.08. The van der Waals surface area contributed by atoms with E-state index < -0.39 is 42.7 Å². The van der Waals surface area contributed by atoms with Gasteiger partial charge in [0.25, 0.3) is 20.0 Å². The molecule has 300 valence electrons. The molecule has 0 aliphatic rings. The highest BCUT2D eigenvalue weighted by Gasteiger charge is 2.20. The van der Waals surface area contributed by atoms with Gasteiger partial charge in [-0.25, -0.2) is 30.8 Å². The van der Waals surface area contributed by atoms with E-state index in [9.17, 15) is 30.8 Å². The Morgan fingerprint density at radius 1 is 0.517 bits per heavy atom. The number of carboxylic acids is 2. The molecule has 6 rings (SSSR count). The van der Waals surface area contributed by atoms with Crippen LogP contribution in [0.2, 0.25) is 0 Å². The lowest BCUT2D eigenvalue weighted by atomic mass is 10.0. The van der Waals surface area contributed by atoms with Gasteiger partial charge in [0.2, 0.25) is 0 Å². The van der Waals surface area contributed by atoms with Crippen molar-refractivity contribution in [2.24, 2.45) is 0 Å². The Kier molecular flexibility index (Phi) is 14.6. The van der Waals surface area contributed by atoms with E-state index in [1.54, 1.807) is 78.9 Å². The fourth-order valence-electron chi connectivity index (χ4n) is 6.14. The first-order valence-electron chi connectivity index (χ1n) is 18.4. The summed E-state index contributed by atoms with van der Waals surface area (Å²) in [7, 11) is -7.77. The number of nitrogens with one attached hydrogen (secondary N) is 2. The van der Waals surface area contributed by atoms with E-state index in [2.05, 4.69) is 16.4 Å². The molecule has 58 heavy (non-hydrogen) atoms. The smallest absolute Gasteiger partial charge is 0.335 e. The molecule has 0 unspecified atom stereocenters. The molecule has 0 spiro atoms. The highest BCUT2D eigenvalue weighted by Crippen LogP contribution is 2.25. The van der Waals surface area contributed by atoms with Crippen LogP contribution in [0.25, 0.3) is 0 Å². The number of benzene rings is 6. The van der Waals surface area contributed by atoms with Gasteiger partial charge in [0, 0.05) is 0 Å². The van der Waals surface area contributed by atoms with Crippen molar-refractivity contribution in [3.8, 4) is 0 Å². The predicted octanol–water partition coefficient (Wildman–Crippen LogP) is 9.03. The molecular formula is C45H43FN2O8S2. The van der Waals surface area contributed by atoms with E-state index in [4.69, 9.17) is 10.2 Å². The Hall–Kier alpha value is -6.31. The van der Waals surface area contributed by atoms with E-state index in [1.807, 2.05) is 36.4 Å². The van der Waals surface area contributed by atoms with Crippen molar-refractivity contribution in [2.45, 2.75) is 55.2 Å². The molecule has 0 heterocycles. The summed E-state index contributed by atoms with van der Waals surface area (Å²) >= 11 is 0. The lowest BCUT2D eigenvalue weighted by Crippen LogP contribution is -2.15. The minimum absolute atomic E-state index is 0.200. The summed E-state index contributed by atoms with van der Waals surface area (Å²) in [6, 6.07) is 39.7. The van der Waals surface area contributed by atoms with Crippen LogP contribution in [-0.4, -0.2) is 39.0 Å². The van der Waals surface area contributed by atoms with Gasteiger partial charge in [-0.2, -0.15) is 0 Å². The second-order valence-electron chi connectivity index (χ2n) is 13.4. The predicted molar refractivity (Wildman–Crippen MR) is 223 cm³/mol. The quantitative estimate of drug-likeness (QED) is 0.0751. The maximum Gasteiger partial charge on any atom is 0.335 e. The van der Waals surface area contributed by atoms with Gasteiger partial charge in [-0.3, -0.25) is 9.44 Å². The number of hydrogen-bond acceptors (Lipinski definition) is 6. The van der Waals surface area contributed by atoms with Gasteiger partial charge in [-0.05, 0) is 121 Å². The average Bonchev–Trinajstić information content (AvgIpc) is 3.21. The summed E-state index contributed by atoms with van der Waals surface area (Å²) in [6.07, 6.45) is 4.12. The number of hydrogen-bond donors (Lipinski definition) is 4. The molecule has 0 amide bonds. The van der Waals surface area contributed by atoms with Crippen LogP contribution in [-0.2, 0) is 52.2 Å². The Morgan fingerprint density at radius 3 is 1.47 bits per heavy atom. The summed E-state index contributed by atoms with van der Waals surface area (Å²) in [4.78, 5) is 22.1. The summed E-state index contributed by atoms with van der Waals surface area (Å²) in [5.41, 5.74) is 5.74. The van der Waals surface area contributed by atoms with Gasteiger partial charge < -0.3 is 10.2 Å². The molecular weight excluding hydrogens is 780 g/mol. The van der Waals surface area contributed by atoms with Gasteiger partial charge in [0.05, 0.1) is 27.4 Å². The highest BCUT2D eigenvalue weighted by molar-refractivity contribution is 7.93. The third-order valence-corrected chi connectivity index (χ3v) is 11.9. The Balaban J connectivity index is 0.000000221. The second-order valence-corrected chi connectivity index (χ2v) is 16.7. The minimum atomic E-state index is -4.07. The fraction of sp³-hybridized carbons (Fsp3) is 0.156. The van der Waals surface area contributed by atoms with E-state index in [0.717, 1.165) is 46.7 Å². The molecule has 0 atom stereocenters. The van der Waals surface area contributed by atoms with Crippen LogP contribution in [0.5, 0.6) is 0 Å². The number of anilines is 2. The summed E-state index contributed by atoms with van der Waals surface area (Å²) in [5.74, 6) is -2.78. The van der Waals surface area contributed by atoms with E-state index >= 15 is 0 Å². The zero-order valence-electron chi connectivity index (χ0n) is 31.6. The molecule has 0 fully saturated rings. The lowest BCUT2D eigenvalue weighted by Gasteiger charge is -2.13. The number of sulfonamides is 2. The first-order valence-corrected chi connectivity index (χ1v) is 21.4. The molecule has 6 aromatic carbocycles. The van der Waals surface area contributed by atoms with Crippen molar-refractivity contribution < 1.29 is 41.0 Å². The third-order valence-electron chi connectivity index (χ3n) is 9.14. The van der Waals surface area contributed by atoms with Crippen molar-refractivity contribution in [3.05, 3.63) is 190 Å². The molecule has 6 aromatic rings. The number of para-hydroxylation sites is 2. The third kappa shape index (κ3) is 11.9. The minimum Gasteiger partial charge on any atom is -0.478 e. The number of rotatable bonds is 16. The monoisotopic (exact) mass is 822 g/mol. The molecule has 0 saturated carbocycles. The summed E-state index contributed by atoms with van der Waals surface area (Å²) < 4.78 is 69.8. The molecule has 0 aliphatic carbocycles. The fourth-order valence-corrected chi connectivity index (χ4v) is 8.43. The van der Waals surface area contributed by atoms with Gasteiger partial charge in [-0.1, -0.05) is 98.3 Å². The highest BCUT2D eigenvalue weighted by atomic mass is 32.2. The van der Waals surface area contributed by atoms with Crippen molar-refractivity contribution in [1.82, 2.24) is 0 Å². The SMILES string of the molecule is CCCc1ccc(S(=O)(=O)Nc2ccccc2CCc2cccc(C(=O)O)c2)cc1.O=C(O)c1cccc(CCc2ccccc2NS(=O)(=O)c2ccccc2F)c1. The van der Waals surface area contributed by atoms with Crippen LogP contribution in [0.1, 0.15) is 61.9 Å². The van der Waals surface area contributed by atoms with Crippen molar-refractivity contribution in [3.63, 3.8) is 0 Å². The maximum absolute atomic E-state index is 13.9. The van der Waals surface area contributed by atoms with Crippen molar-refractivity contribution in [2.75, 3.05) is 9.44 Å². The molecule has 10 nitrogen and oxygen atoms in total. The molecule has 0 aromatic heterocycles. The van der Waals surface area contributed by atoms with Crippen molar-refractivity contribution in [1.29, 1.82) is 0 Å². The molecule has 0 bridgehead atoms. The Labute approximate surface area is 338 Å². The van der Waals surface area contributed by atoms with Crippen LogP contribution in [0.3, 0.4) is 0 Å². The van der Waals surface area contributed by atoms with E-state index in [1.165, 1.54) is 24.3 Å². The average molecular weight is 823 g/mol. The van der Waals surface area contributed by atoms with Crippen LogP contribution in [0, 0.1) is 5.82 Å². The molecule has 0 saturated heterocycles. The number of carboxylic acid groups (broad SMARTS) is 2. The molecule has 0 aliphatic heterocycles. The largest absolute Gasteiger partial charge is 0.478 e. The lowest BCUT2D eigenvalue weighted by molar-refractivity contribution is 0.0686. The zero-order valence-corrected chi connectivity index (χ0v) is 33.3. The van der Waals surface area contributed by atoms with Gasteiger partial charge in [0.1, 0.15) is 10.7 Å². The van der Waals surface area contributed by atoms with Gasteiger partial charge >= 0.3 is 11.9 Å². The summed E-state index contributed by atoms with van der Waals surface area (Å²) in [5, 5.41) is 18.2. The first-order chi connectivity index (χ1) is 27.8. The van der Waals surface area contributed by atoms with Crippen LogP contribution < -0.4 is 9.44 Å². The Bertz CT molecular complexity index is 2600. The normalized spacial score (nSPS) is 11.2. The van der Waals surface area contributed by atoms with Gasteiger partial charge in [-0.15, -0.1) is 0 Å². The number of halogens is 1. The number of carbonyl (C=O) groups is 2. The molecule has 0 radical (unpaired) electrons. The number of aryl methyl sites for hydroxylation is 5. The Morgan fingerprint density at radius 2 is 0.983 bits per heavy atom. The van der Waals surface area contributed by atoms with Gasteiger partial charge in [0.15, 0.2) is 0 Å². The van der Waals surface area contributed by atoms with Crippen molar-refractivity contribution >= 4 is 43.4 Å². The van der Waals surface area contributed by atoms with Crippen LogP contribution in [0.4, 0.5) is 15.8 Å². The first kappa shape index (κ1) is 42.8. The zero-order chi connectivity index (χ0) is 41.7. The van der Waals surface area contributed by atoms with E-state index in [-0.39, 0.29) is 16.0 Å². The number of aromatic carboxylic acids is 2. The van der Waals surface area contributed by atoms with Crippen LogP contribution >= 0.6 is 0 Å². The standard InChI is InChI=1S/C24H25NO4S.C21H18FNO4S/c1-2-6-18-12-15-22(16-13-18)30(28,29)25-23-10-4-3-8-20(23)14-11-19-7-5-9-21(17-19)24(26)27;22-18-9-2-4-11-20(18)28(26,27)23-19-10-3-1-7-16(19)13-12-15-6-5-8-17(14-15)21(24)25/h3-5,7-10,12-13,15-17,25H,2,6,11,14H2,1H3,(H,26,27);1-11,14,23H,12-13H2,(H,24,25). The molecule has 13 heteroatoms. The molecule has 4 N–H and O–H groups in total. The van der Waals surface area contributed by atoms with E-state index in [0.29, 0.717) is 37.1 Å². The van der Waals surface area contributed by atoms with Crippen LogP contribution in [0.15, 0.2) is 155 Å².